The molecule has 2 heterocycles. The third-order valence-corrected chi connectivity index (χ3v) is 5.38. The molecule has 0 spiro atoms. The molecule has 3 aromatic rings. The van der Waals surface area contributed by atoms with Crippen LogP contribution in [0.25, 0.3) is 5.69 Å². The van der Waals surface area contributed by atoms with Gasteiger partial charge in [-0.2, -0.15) is 4.98 Å². The number of ether oxygens (including phenoxy) is 1. The van der Waals surface area contributed by atoms with Crippen LogP contribution in [0.2, 0.25) is 0 Å². The molecule has 1 aliphatic rings. The van der Waals surface area contributed by atoms with Crippen LogP contribution in [-0.2, 0) is 4.74 Å². The number of nitrogens with one attached hydrogen (secondary N) is 2. The highest BCUT2D eigenvalue weighted by Gasteiger charge is 2.16. The molecule has 1 saturated heterocycles. The molecule has 4 rings (SSSR count). The van der Waals surface area contributed by atoms with Crippen LogP contribution in [0.3, 0.4) is 0 Å². The number of aryl methyl sites for hydroxylation is 1. The highest BCUT2D eigenvalue weighted by molar-refractivity contribution is 5.63. The first-order chi connectivity index (χ1) is 15.5. The maximum Gasteiger partial charge on any atom is 0.246 e. The Labute approximate surface area is 186 Å². The van der Waals surface area contributed by atoms with Crippen molar-refractivity contribution in [1.82, 2.24) is 19.7 Å². The standard InChI is InChI=1S/C23H28F2N6O/c1-3-19(14-30-4-6-32-7-5-30)27-20-8-16(2)9-21(13-20)28-23-26-15-31(29-23)22-11-17(24)10-18(25)12-22/h8-13,15,19,27H,3-7,14H2,1-2H3,(H,28,29). The Morgan fingerprint density at radius 1 is 1.03 bits per heavy atom. The average Bonchev–Trinajstić information content (AvgIpc) is 3.21. The summed E-state index contributed by atoms with van der Waals surface area (Å²) in [7, 11) is 0. The molecule has 0 saturated carbocycles. The van der Waals surface area contributed by atoms with Crippen molar-refractivity contribution in [1.29, 1.82) is 0 Å². The van der Waals surface area contributed by atoms with Gasteiger partial charge in [0, 0.05) is 43.1 Å². The first-order valence-electron chi connectivity index (χ1n) is 10.8. The minimum Gasteiger partial charge on any atom is -0.381 e. The molecular formula is C23H28F2N6O. The van der Waals surface area contributed by atoms with Crippen molar-refractivity contribution in [2.75, 3.05) is 43.5 Å². The minimum atomic E-state index is -0.665. The third-order valence-electron chi connectivity index (χ3n) is 5.38. The maximum atomic E-state index is 13.5. The first kappa shape index (κ1) is 22.2. The molecule has 0 bridgehead atoms. The van der Waals surface area contributed by atoms with Crippen molar-refractivity contribution < 1.29 is 13.5 Å². The summed E-state index contributed by atoms with van der Waals surface area (Å²) in [5, 5.41) is 11.1. The van der Waals surface area contributed by atoms with E-state index < -0.39 is 11.6 Å². The van der Waals surface area contributed by atoms with Gasteiger partial charge in [-0.15, -0.1) is 5.10 Å². The van der Waals surface area contributed by atoms with Crippen LogP contribution in [0.15, 0.2) is 42.7 Å². The molecule has 2 aromatic carbocycles. The zero-order valence-corrected chi connectivity index (χ0v) is 18.3. The number of halogens is 2. The summed E-state index contributed by atoms with van der Waals surface area (Å²) in [6.45, 7) is 8.67. The van der Waals surface area contributed by atoms with Gasteiger partial charge in [0.25, 0.3) is 0 Å². The van der Waals surface area contributed by atoms with E-state index in [1.807, 2.05) is 19.1 Å². The monoisotopic (exact) mass is 442 g/mol. The first-order valence-corrected chi connectivity index (χ1v) is 10.8. The van der Waals surface area contributed by atoms with Gasteiger partial charge < -0.3 is 15.4 Å². The van der Waals surface area contributed by atoms with Gasteiger partial charge >= 0.3 is 0 Å². The van der Waals surface area contributed by atoms with E-state index in [1.165, 1.54) is 23.1 Å². The normalized spacial score (nSPS) is 15.5. The molecule has 9 heteroatoms. The second kappa shape index (κ2) is 10.1. The lowest BCUT2D eigenvalue weighted by Gasteiger charge is -2.31. The summed E-state index contributed by atoms with van der Waals surface area (Å²) >= 11 is 0. The summed E-state index contributed by atoms with van der Waals surface area (Å²) in [6, 6.07) is 9.67. The predicted octanol–water partition coefficient (Wildman–Crippen LogP) is 4.12. The van der Waals surface area contributed by atoms with E-state index in [1.54, 1.807) is 0 Å². The fourth-order valence-electron chi connectivity index (χ4n) is 3.79. The summed E-state index contributed by atoms with van der Waals surface area (Å²) in [4.78, 5) is 6.64. The molecule has 0 aliphatic carbocycles. The number of morpholine rings is 1. The van der Waals surface area contributed by atoms with Crippen molar-refractivity contribution in [2.24, 2.45) is 0 Å². The topological polar surface area (TPSA) is 67.2 Å². The number of hydrogen-bond donors (Lipinski definition) is 2. The van der Waals surface area contributed by atoms with Gasteiger partial charge in [-0.3, -0.25) is 4.90 Å². The maximum absolute atomic E-state index is 13.5. The lowest BCUT2D eigenvalue weighted by atomic mass is 10.1. The second-order valence-corrected chi connectivity index (χ2v) is 8.02. The van der Waals surface area contributed by atoms with Crippen LogP contribution in [-0.4, -0.2) is 58.6 Å². The Kier molecular flexibility index (Phi) is 6.96. The smallest absolute Gasteiger partial charge is 0.246 e. The van der Waals surface area contributed by atoms with E-state index in [-0.39, 0.29) is 5.69 Å². The molecule has 1 aromatic heterocycles. The average molecular weight is 443 g/mol. The van der Waals surface area contributed by atoms with Crippen molar-refractivity contribution in [2.45, 2.75) is 26.3 Å². The van der Waals surface area contributed by atoms with Crippen LogP contribution in [0.5, 0.6) is 0 Å². The number of hydrogen-bond acceptors (Lipinski definition) is 6. The molecule has 7 nitrogen and oxygen atoms in total. The van der Waals surface area contributed by atoms with E-state index in [9.17, 15) is 8.78 Å². The highest BCUT2D eigenvalue weighted by Crippen LogP contribution is 2.23. The quantitative estimate of drug-likeness (QED) is 0.547. The van der Waals surface area contributed by atoms with E-state index in [4.69, 9.17) is 4.74 Å². The number of rotatable bonds is 8. The van der Waals surface area contributed by atoms with Crippen LogP contribution in [0, 0.1) is 18.6 Å². The van der Waals surface area contributed by atoms with Gasteiger partial charge in [0.15, 0.2) is 0 Å². The van der Waals surface area contributed by atoms with Crippen molar-refractivity contribution in [3.63, 3.8) is 0 Å². The van der Waals surface area contributed by atoms with Crippen molar-refractivity contribution in [3.05, 3.63) is 59.9 Å². The van der Waals surface area contributed by atoms with Crippen molar-refractivity contribution >= 4 is 17.3 Å². The molecule has 1 atom stereocenters. The zero-order chi connectivity index (χ0) is 22.5. The number of aromatic nitrogens is 3. The van der Waals surface area contributed by atoms with Gasteiger partial charge in [-0.1, -0.05) is 6.92 Å². The number of nitrogens with zero attached hydrogens (tertiary/aromatic N) is 4. The Morgan fingerprint density at radius 3 is 2.47 bits per heavy atom. The third kappa shape index (κ3) is 5.80. The summed E-state index contributed by atoms with van der Waals surface area (Å²) in [5.41, 5.74) is 3.20. The molecule has 32 heavy (non-hydrogen) atoms. The lowest BCUT2D eigenvalue weighted by molar-refractivity contribution is 0.0360. The number of anilines is 3. The van der Waals surface area contributed by atoms with Crippen LogP contribution < -0.4 is 10.6 Å². The molecule has 1 fully saturated rings. The molecule has 0 amide bonds. The number of benzene rings is 2. The summed E-state index contributed by atoms with van der Waals surface area (Å²) < 4.78 is 33.8. The summed E-state index contributed by atoms with van der Waals surface area (Å²) in [6.07, 6.45) is 2.42. The van der Waals surface area contributed by atoms with Gasteiger partial charge in [0.05, 0.1) is 18.9 Å². The Balaban J connectivity index is 1.45. The molecule has 170 valence electrons. The van der Waals surface area contributed by atoms with Gasteiger partial charge in [-0.05, 0) is 49.2 Å². The van der Waals surface area contributed by atoms with E-state index in [0.29, 0.717) is 12.0 Å². The lowest BCUT2D eigenvalue weighted by Crippen LogP contribution is -2.43. The largest absolute Gasteiger partial charge is 0.381 e. The zero-order valence-electron chi connectivity index (χ0n) is 18.3. The minimum absolute atomic E-state index is 0.267. The SMILES string of the molecule is CCC(CN1CCOCC1)Nc1cc(C)cc(Nc2ncn(-c3cc(F)cc(F)c3)n2)c1. The van der Waals surface area contributed by atoms with Crippen LogP contribution in [0.1, 0.15) is 18.9 Å². The predicted molar refractivity (Wildman–Crippen MR) is 121 cm³/mol. The second-order valence-electron chi connectivity index (χ2n) is 8.02. The van der Waals surface area contributed by atoms with E-state index in [0.717, 1.165) is 62.3 Å². The fourth-order valence-corrected chi connectivity index (χ4v) is 3.79. The Bertz CT molecular complexity index is 1030. The fraction of sp³-hybridized carbons (Fsp3) is 0.391. The molecule has 1 unspecified atom stereocenters. The van der Waals surface area contributed by atoms with E-state index in [2.05, 4.69) is 38.6 Å². The van der Waals surface area contributed by atoms with Crippen molar-refractivity contribution in [3.8, 4) is 5.69 Å². The molecule has 2 N–H and O–H groups in total. The molecular weight excluding hydrogens is 414 g/mol. The summed E-state index contributed by atoms with van der Waals surface area (Å²) in [5.74, 6) is -0.990. The van der Waals surface area contributed by atoms with Gasteiger partial charge in [0.2, 0.25) is 5.95 Å². The highest BCUT2D eigenvalue weighted by atomic mass is 19.1. The Hall–Kier alpha value is -3.04. The van der Waals surface area contributed by atoms with Gasteiger partial charge in [-0.25, -0.2) is 13.5 Å². The van der Waals surface area contributed by atoms with E-state index >= 15 is 0 Å². The Morgan fingerprint density at radius 2 is 1.75 bits per heavy atom. The van der Waals surface area contributed by atoms with Crippen LogP contribution >= 0.6 is 0 Å². The van der Waals surface area contributed by atoms with Gasteiger partial charge in [0.1, 0.15) is 18.0 Å². The molecule has 0 radical (unpaired) electrons. The van der Waals surface area contributed by atoms with Crippen LogP contribution in [0.4, 0.5) is 26.1 Å². The molecule has 1 aliphatic heterocycles.